The van der Waals surface area contributed by atoms with Crippen molar-refractivity contribution in [3.05, 3.63) is 12.4 Å². The summed E-state index contributed by atoms with van der Waals surface area (Å²) < 4.78 is 23.8. The molecule has 6 nitrogen and oxygen atoms in total. The lowest BCUT2D eigenvalue weighted by Crippen LogP contribution is -2.35. The van der Waals surface area contributed by atoms with Crippen LogP contribution in [0.5, 0.6) is 0 Å². The van der Waals surface area contributed by atoms with E-state index >= 15 is 0 Å². The normalized spacial score (nSPS) is 15.4. The van der Waals surface area contributed by atoms with Crippen molar-refractivity contribution in [2.45, 2.75) is 30.3 Å². The van der Waals surface area contributed by atoms with Gasteiger partial charge >= 0.3 is 0 Å². The van der Waals surface area contributed by atoms with E-state index in [4.69, 9.17) is 11.0 Å². The number of nitriles is 1. The molecule has 0 aliphatic rings. The standard InChI is InChI=1S/C9H14N4O2S/c1-9(11,7-10)3-4-13-6-8(5-12-13)16(2,14)15/h5-6H,3-4,11H2,1-2H3. The van der Waals surface area contributed by atoms with Gasteiger partial charge in [0.1, 0.15) is 10.4 Å². The summed E-state index contributed by atoms with van der Waals surface area (Å²) in [4.78, 5) is 0.170. The van der Waals surface area contributed by atoms with Gasteiger partial charge in [0, 0.05) is 19.0 Å². The number of hydrogen-bond donors (Lipinski definition) is 1. The number of aryl methyl sites for hydroxylation is 1. The summed E-state index contributed by atoms with van der Waals surface area (Å²) in [5, 5.41) is 12.6. The minimum Gasteiger partial charge on any atom is -0.314 e. The maximum atomic E-state index is 11.2. The highest BCUT2D eigenvalue weighted by Gasteiger charge is 2.17. The summed E-state index contributed by atoms with van der Waals surface area (Å²) in [6, 6.07) is 1.97. The first-order valence-electron chi connectivity index (χ1n) is 4.67. The fraction of sp³-hybridized carbons (Fsp3) is 0.556. The van der Waals surface area contributed by atoms with Crippen LogP contribution in [-0.4, -0.2) is 30.0 Å². The summed E-state index contributed by atoms with van der Waals surface area (Å²) in [5.41, 5.74) is 4.72. The zero-order valence-electron chi connectivity index (χ0n) is 9.21. The number of sulfone groups is 1. The van der Waals surface area contributed by atoms with Gasteiger partial charge in [-0.25, -0.2) is 8.42 Å². The third kappa shape index (κ3) is 3.32. The van der Waals surface area contributed by atoms with Crippen molar-refractivity contribution in [2.75, 3.05) is 6.26 Å². The number of rotatable bonds is 4. The minimum atomic E-state index is -3.22. The minimum absolute atomic E-state index is 0.170. The van der Waals surface area contributed by atoms with E-state index in [2.05, 4.69) is 5.10 Å². The third-order valence-corrected chi connectivity index (χ3v) is 3.22. The molecular formula is C9H14N4O2S. The van der Waals surface area contributed by atoms with Gasteiger partial charge < -0.3 is 5.73 Å². The Bertz CT molecular complexity index is 510. The molecule has 1 heterocycles. The molecule has 0 fully saturated rings. The number of nitrogens with two attached hydrogens (primary N) is 1. The average molecular weight is 242 g/mol. The summed E-state index contributed by atoms with van der Waals surface area (Å²) in [7, 11) is -3.22. The molecule has 2 N–H and O–H groups in total. The number of hydrogen-bond acceptors (Lipinski definition) is 5. The van der Waals surface area contributed by atoms with Gasteiger partial charge in [0.05, 0.1) is 12.3 Å². The fourth-order valence-electron chi connectivity index (χ4n) is 1.06. The molecule has 1 unspecified atom stereocenters. The highest BCUT2D eigenvalue weighted by atomic mass is 32.2. The molecule has 0 saturated carbocycles. The van der Waals surface area contributed by atoms with Crippen LogP contribution >= 0.6 is 0 Å². The van der Waals surface area contributed by atoms with Crippen molar-refractivity contribution in [3.8, 4) is 6.07 Å². The largest absolute Gasteiger partial charge is 0.314 e. The molecule has 0 radical (unpaired) electrons. The van der Waals surface area contributed by atoms with Gasteiger partial charge in [0.15, 0.2) is 9.84 Å². The van der Waals surface area contributed by atoms with Crippen LogP contribution < -0.4 is 5.73 Å². The Morgan fingerprint density at radius 1 is 1.69 bits per heavy atom. The highest BCUT2D eigenvalue weighted by Crippen LogP contribution is 2.09. The predicted octanol–water partition coefficient (Wildman–Crippen LogP) is -0.0823. The molecule has 0 aliphatic carbocycles. The lowest BCUT2D eigenvalue weighted by atomic mass is 10.0. The number of aromatic nitrogens is 2. The molecular weight excluding hydrogens is 228 g/mol. The fourth-order valence-corrected chi connectivity index (χ4v) is 1.61. The maximum absolute atomic E-state index is 11.2. The smallest absolute Gasteiger partial charge is 0.178 e. The van der Waals surface area contributed by atoms with Crippen LogP contribution in [0.4, 0.5) is 0 Å². The molecule has 0 aromatic carbocycles. The van der Waals surface area contributed by atoms with E-state index in [0.717, 1.165) is 6.26 Å². The second kappa shape index (κ2) is 4.23. The summed E-state index contributed by atoms with van der Waals surface area (Å²) >= 11 is 0. The quantitative estimate of drug-likeness (QED) is 0.795. The van der Waals surface area contributed by atoms with Crippen LogP contribution in [0, 0.1) is 11.3 Å². The molecule has 0 amide bonds. The Kier molecular flexibility index (Phi) is 3.35. The molecule has 0 aliphatic heterocycles. The maximum Gasteiger partial charge on any atom is 0.178 e. The highest BCUT2D eigenvalue weighted by molar-refractivity contribution is 7.90. The van der Waals surface area contributed by atoms with Crippen LogP contribution in [0.25, 0.3) is 0 Å². The van der Waals surface area contributed by atoms with Crippen molar-refractivity contribution in [1.29, 1.82) is 5.26 Å². The van der Waals surface area contributed by atoms with E-state index in [0.29, 0.717) is 13.0 Å². The van der Waals surface area contributed by atoms with Gasteiger partial charge in [0.25, 0.3) is 0 Å². The first-order valence-corrected chi connectivity index (χ1v) is 6.56. The van der Waals surface area contributed by atoms with Crippen molar-refractivity contribution in [2.24, 2.45) is 5.73 Å². The molecule has 1 aromatic heterocycles. The zero-order valence-corrected chi connectivity index (χ0v) is 10.0. The van der Waals surface area contributed by atoms with Crippen LogP contribution in [-0.2, 0) is 16.4 Å². The van der Waals surface area contributed by atoms with Gasteiger partial charge in [-0.05, 0) is 13.3 Å². The summed E-state index contributed by atoms with van der Waals surface area (Å²) in [6.45, 7) is 2.03. The van der Waals surface area contributed by atoms with E-state index in [1.54, 1.807) is 6.92 Å². The van der Waals surface area contributed by atoms with Crippen LogP contribution in [0.1, 0.15) is 13.3 Å². The predicted molar refractivity (Wildman–Crippen MR) is 58.2 cm³/mol. The molecule has 0 spiro atoms. The van der Waals surface area contributed by atoms with E-state index in [-0.39, 0.29) is 4.90 Å². The number of nitrogens with zero attached hydrogens (tertiary/aromatic N) is 3. The van der Waals surface area contributed by atoms with Crippen molar-refractivity contribution in [1.82, 2.24) is 9.78 Å². The molecule has 1 atom stereocenters. The van der Waals surface area contributed by atoms with Crippen molar-refractivity contribution < 1.29 is 8.42 Å². The van der Waals surface area contributed by atoms with Gasteiger partial charge in [-0.3, -0.25) is 4.68 Å². The monoisotopic (exact) mass is 242 g/mol. The molecule has 1 rings (SSSR count). The van der Waals surface area contributed by atoms with E-state index in [1.807, 2.05) is 6.07 Å². The molecule has 1 aromatic rings. The molecule has 7 heteroatoms. The summed E-state index contributed by atoms with van der Waals surface area (Å²) in [5.74, 6) is 0. The third-order valence-electron chi connectivity index (χ3n) is 2.15. The van der Waals surface area contributed by atoms with Gasteiger partial charge in [-0.2, -0.15) is 10.4 Å². The SMILES string of the molecule is CC(N)(C#N)CCn1cc(S(C)(=O)=O)cn1. The van der Waals surface area contributed by atoms with E-state index in [1.165, 1.54) is 17.1 Å². The van der Waals surface area contributed by atoms with Gasteiger partial charge in [-0.15, -0.1) is 0 Å². The molecule has 0 saturated heterocycles. The van der Waals surface area contributed by atoms with E-state index in [9.17, 15) is 8.42 Å². The Morgan fingerprint density at radius 3 is 2.75 bits per heavy atom. The first-order chi connectivity index (χ1) is 7.24. The Hall–Kier alpha value is -1.39. The Morgan fingerprint density at radius 2 is 2.31 bits per heavy atom. The molecule has 0 bridgehead atoms. The molecule has 88 valence electrons. The average Bonchev–Trinajstić information content (AvgIpc) is 2.63. The topological polar surface area (TPSA) is 102 Å². The lowest BCUT2D eigenvalue weighted by molar-refractivity contribution is 0.466. The second-order valence-electron chi connectivity index (χ2n) is 3.99. The van der Waals surface area contributed by atoms with Gasteiger partial charge in [0.2, 0.25) is 0 Å². The van der Waals surface area contributed by atoms with Crippen molar-refractivity contribution in [3.63, 3.8) is 0 Å². The van der Waals surface area contributed by atoms with E-state index < -0.39 is 15.4 Å². The van der Waals surface area contributed by atoms with Gasteiger partial charge in [-0.1, -0.05) is 0 Å². The van der Waals surface area contributed by atoms with Crippen LogP contribution in [0.2, 0.25) is 0 Å². The zero-order chi connectivity index (χ0) is 12.4. The lowest BCUT2D eigenvalue weighted by Gasteiger charge is -2.14. The second-order valence-corrected chi connectivity index (χ2v) is 6.01. The summed E-state index contributed by atoms with van der Waals surface area (Å²) in [6.07, 6.45) is 4.25. The first kappa shape index (κ1) is 12.7. The Balaban J connectivity index is 2.72. The molecule has 16 heavy (non-hydrogen) atoms. The van der Waals surface area contributed by atoms with Crippen LogP contribution in [0.15, 0.2) is 17.3 Å². The van der Waals surface area contributed by atoms with Crippen LogP contribution in [0.3, 0.4) is 0 Å². The van der Waals surface area contributed by atoms with Crippen molar-refractivity contribution >= 4 is 9.84 Å². The Labute approximate surface area is 94.6 Å².